The molecule has 0 aliphatic carbocycles. The van der Waals surface area contributed by atoms with Crippen LogP contribution in [0.15, 0.2) is 53.4 Å². The minimum Gasteiger partial charge on any atom is -0.497 e. The zero-order valence-corrected chi connectivity index (χ0v) is 18.4. The van der Waals surface area contributed by atoms with Crippen LogP contribution in [0.2, 0.25) is 0 Å². The van der Waals surface area contributed by atoms with E-state index in [2.05, 4.69) is 33.3 Å². The second-order valence-corrected chi connectivity index (χ2v) is 8.25. The van der Waals surface area contributed by atoms with Gasteiger partial charge in [0.15, 0.2) is 0 Å². The molecule has 156 valence electrons. The molecule has 29 heavy (non-hydrogen) atoms. The molecule has 1 N–H and O–H groups in total. The van der Waals surface area contributed by atoms with Crippen LogP contribution in [0.3, 0.4) is 0 Å². The van der Waals surface area contributed by atoms with Gasteiger partial charge in [0.05, 0.1) is 13.2 Å². The van der Waals surface area contributed by atoms with Crippen LogP contribution in [0.25, 0.3) is 0 Å². The Labute approximate surface area is 178 Å². The lowest BCUT2D eigenvalue weighted by atomic mass is 10.1. The minimum atomic E-state index is -0.128. The first-order chi connectivity index (χ1) is 14.1. The van der Waals surface area contributed by atoms with Crippen LogP contribution in [0.4, 0.5) is 5.69 Å². The summed E-state index contributed by atoms with van der Waals surface area (Å²) in [5.74, 6) is 0.963. The molecule has 1 unspecified atom stereocenters. The Morgan fingerprint density at radius 1 is 1.14 bits per heavy atom. The molecule has 1 aliphatic rings. The maximum atomic E-state index is 12.7. The van der Waals surface area contributed by atoms with Gasteiger partial charge < -0.3 is 15.0 Å². The van der Waals surface area contributed by atoms with Crippen molar-refractivity contribution in [3.05, 3.63) is 54.1 Å². The fraction of sp³-hybridized carbons (Fsp3) is 0.435. The number of carbonyl (C=O) groups excluding carboxylic acids is 1. The lowest BCUT2D eigenvalue weighted by Gasteiger charge is -2.37. The van der Waals surface area contributed by atoms with Crippen molar-refractivity contribution < 1.29 is 9.53 Å². The zero-order valence-electron chi connectivity index (χ0n) is 17.6. The summed E-state index contributed by atoms with van der Waals surface area (Å²) in [5, 5.41) is 3.06. The topological polar surface area (TPSA) is 44.8 Å². The van der Waals surface area contributed by atoms with E-state index in [0.29, 0.717) is 0 Å². The highest BCUT2D eigenvalue weighted by Crippen LogP contribution is 2.19. The Morgan fingerprint density at radius 3 is 2.52 bits per heavy atom. The average Bonchev–Trinajstić information content (AvgIpc) is 2.78. The number of amides is 1. The van der Waals surface area contributed by atoms with E-state index in [4.69, 9.17) is 4.74 Å². The summed E-state index contributed by atoms with van der Waals surface area (Å²) >= 11 is 1.68. The normalized spacial score (nSPS) is 16.4. The molecule has 1 saturated heterocycles. The minimum absolute atomic E-state index is 0.0648. The Balaban J connectivity index is 1.43. The number of rotatable bonds is 8. The maximum absolute atomic E-state index is 12.7. The Morgan fingerprint density at radius 2 is 1.86 bits per heavy atom. The number of hydrogen-bond donors (Lipinski definition) is 1. The number of benzene rings is 2. The largest absolute Gasteiger partial charge is 0.497 e. The lowest BCUT2D eigenvalue weighted by molar-refractivity contribution is -0.121. The van der Waals surface area contributed by atoms with Crippen molar-refractivity contribution in [3.63, 3.8) is 0 Å². The monoisotopic (exact) mass is 413 g/mol. The molecule has 0 spiro atoms. The number of methoxy groups -OCH3 is 1. The van der Waals surface area contributed by atoms with Gasteiger partial charge in [-0.1, -0.05) is 18.2 Å². The molecule has 0 radical (unpaired) electrons. The highest BCUT2D eigenvalue weighted by atomic mass is 32.2. The summed E-state index contributed by atoms with van der Waals surface area (Å²) in [6, 6.07) is 16.2. The summed E-state index contributed by atoms with van der Waals surface area (Å²) in [6.07, 6.45) is 3.07. The quantitative estimate of drug-likeness (QED) is 0.670. The number of nitrogens with one attached hydrogen (secondary N) is 1. The Bertz CT molecular complexity index is 789. The molecule has 0 bridgehead atoms. The fourth-order valence-electron chi connectivity index (χ4n) is 3.57. The summed E-state index contributed by atoms with van der Waals surface area (Å²) in [6.45, 7) is 6.87. The van der Waals surface area contributed by atoms with E-state index in [1.165, 1.54) is 5.56 Å². The summed E-state index contributed by atoms with van der Waals surface area (Å²) in [5.41, 5.74) is 2.19. The van der Waals surface area contributed by atoms with Gasteiger partial charge in [0.1, 0.15) is 5.75 Å². The van der Waals surface area contributed by atoms with Crippen LogP contribution >= 0.6 is 11.8 Å². The molecule has 0 aromatic heterocycles. The second kappa shape index (κ2) is 10.7. The summed E-state index contributed by atoms with van der Waals surface area (Å²) in [7, 11) is 1.69. The molecular formula is C23H31N3O2S. The van der Waals surface area contributed by atoms with E-state index in [1.54, 1.807) is 18.9 Å². The average molecular weight is 414 g/mol. The molecule has 1 aliphatic heterocycles. The number of ether oxygens (including phenoxy) is 1. The smallest absolute Gasteiger partial charge is 0.241 e. The number of hydrogen-bond acceptors (Lipinski definition) is 5. The molecule has 1 atom stereocenters. The lowest BCUT2D eigenvalue weighted by Crippen LogP contribution is -2.53. The van der Waals surface area contributed by atoms with Crippen LogP contribution in [0.5, 0.6) is 5.75 Å². The van der Waals surface area contributed by atoms with Crippen molar-refractivity contribution >= 4 is 23.4 Å². The molecular weight excluding hydrogens is 382 g/mol. The van der Waals surface area contributed by atoms with E-state index < -0.39 is 0 Å². The molecule has 1 heterocycles. The van der Waals surface area contributed by atoms with Crippen LogP contribution < -0.4 is 10.1 Å². The molecule has 1 amide bonds. The summed E-state index contributed by atoms with van der Waals surface area (Å²) < 4.78 is 5.22. The van der Waals surface area contributed by atoms with Gasteiger partial charge in [-0.15, -0.1) is 11.8 Å². The van der Waals surface area contributed by atoms with Gasteiger partial charge in [0.2, 0.25) is 5.91 Å². The first-order valence-electron chi connectivity index (χ1n) is 10.1. The number of thioether (sulfide) groups is 1. The number of carbonyl (C=O) groups is 1. The molecule has 2 aromatic carbocycles. The highest BCUT2D eigenvalue weighted by molar-refractivity contribution is 7.98. The van der Waals surface area contributed by atoms with E-state index in [-0.39, 0.29) is 11.9 Å². The molecule has 1 fully saturated rings. The predicted octanol–water partition coefficient (Wildman–Crippen LogP) is 3.60. The van der Waals surface area contributed by atoms with Crippen molar-refractivity contribution in [2.75, 3.05) is 51.4 Å². The standard InChI is InChI=1S/C23H31N3O2S/c1-18(23(27)24-20-5-4-6-22(17-20)29-3)26-15-13-25(14-16-26)12-11-19-7-9-21(28-2)10-8-19/h4-10,17-18H,11-16H2,1-3H3,(H,24,27). The summed E-state index contributed by atoms with van der Waals surface area (Å²) in [4.78, 5) is 18.6. The van der Waals surface area contributed by atoms with Gasteiger partial charge in [-0.2, -0.15) is 0 Å². The van der Waals surface area contributed by atoms with E-state index in [0.717, 1.165) is 55.5 Å². The number of piperazine rings is 1. The zero-order chi connectivity index (χ0) is 20.6. The Kier molecular flexibility index (Phi) is 7.98. The third-order valence-electron chi connectivity index (χ3n) is 5.55. The number of nitrogens with zero attached hydrogens (tertiary/aromatic N) is 2. The molecule has 0 saturated carbocycles. The van der Waals surface area contributed by atoms with Gasteiger partial charge in [0.25, 0.3) is 0 Å². The predicted molar refractivity (Wildman–Crippen MR) is 121 cm³/mol. The second-order valence-electron chi connectivity index (χ2n) is 7.37. The number of anilines is 1. The first-order valence-corrected chi connectivity index (χ1v) is 11.4. The first kappa shape index (κ1) is 21.7. The SMILES string of the molecule is COc1ccc(CCN2CCN(C(C)C(=O)Nc3cccc(SC)c3)CC2)cc1. The fourth-order valence-corrected chi connectivity index (χ4v) is 4.03. The highest BCUT2D eigenvalue weighted by Gasteiger charge is 2.25. The van der Waals surface area contributed by atoms with Gasteiger partial charge in [-0.05, 0) is 55.5 Å². The molecule has 5 nitrogen and oxygen atoms in total. The van der Waals surface area contributed by atoms with Crippen LogP contribution in [-0.4, -0.2) is 67.8 Å². The van der Waals surface area contributed by atoms with Gasteiger partial charge in [-0.25, -0.2) is 0 Å². The van der Waals surface area contributed by atoms with Crippen molar-refractivity contribution in [2.45, 2.75) is 24.3 Å². The Hall–Kier alpha value is -2.02. The van der Waals surface area contributed by atoms with Crippen molar-refractivity contribution in [2.24, 2.45) is 0 Å². The van der Waals surface area contributed by atoms with E-state index in [1.807, 2.05) is 43.5 Å². The van der Waals surface area contributed by atoms with Crippen molar-refractivity contribution in [1.82, 2.24) is 9.80 Å². The van der Waals surface area contributed by atoms with Crippen LogP contribution in [0, 0.1) is 0 Å². The maximum Gasteiger partial charge on any atom is 0.241 e. The van der Waals surface area contributed by atoms with Crippen molar-refractivity contribution in [3.8, 4) is 5.75 Å². The van der Waals surface area contributed by atoms with Crippen molar-refractivity contribution in [1.29, 1.82) is 0 Å². The van der Waals surface area contributed by atoms with Crippen LogP contribution in [-0.2, 0) is 11.2 Å². The van der Waals surface area contributed by atoms with Gasteiger partial charge >= 0.3 is 0 Å². The van der Waals surface area contributed by atoms with Gasteiger partial charge in [-0.3, -0.25) is 9.69 Å². The van der Waals surface area contributed by atoms with E-state index in [9.17, 15) is 4.79 Å². The third-order valence-corrected chi connectivity index (χ3v) is 6.27. The molecule has 3 rings (SSSR count). The van der Waals surface area contributed by atoms with Gasteiger partial charge in [0, 0.05) is 43.3 Å². The molecule has 6 heteroatoms. The third kappa shape index (κ3) is 6.23. The van der Waals surface area contributed by atoms with Crippen LogP contribution in [0.1, 0.15) is 12.5 Å². The van der Waals surface area contributed by atoms with E-state index >= 15 is 0 Å². The molecule has 2 aromatic rings.